The molecule has 0 aliphatic rings. The Hall–Kier alpha value is -1.26. The molecule has 1 nitrogen and oxygen atoms in total. The van der Waals surface area contributed by atoms with E-state index in [9.17, 15) is 17.6 Å². The van der Waals surface area contributed by atoms with Gasteiger partial charge < -0.3 is 4.74 Å². The largest absolute Gasteiger partial charge is 0.482 e. The Morgan fingerprint density at radius 2 is 1.33 bits per heavy atom. The maximum atomic E-state index is 13.1. The van der Waals surface area contributed by atoms with Crippen molar-refractivity contribution in [1.29, 1.82) is 0 Å². The lowest BCUT2D eigenvalue weighted by molar-refractivity contribution is 0.114. The standard InChI is InChI=1S/C10H10F4O/c1-10(2,3)15-9-7(13)5(11)4-6(12)8(9)14/h4H,1-3H3. The van der Waals surface area contributed by atoms with Crippen LogP contribution in [0.15, 0.2) is 6.07 Å². The predicted molar refractivity (Wildman–Crippen MR) is 46.7 cm³/mol. The van der Waals surface area contributed by atoms with Crippen molar-refractivity contribution in [3.05, 3.63) is 29.3 Å². The molecule has 0 spiro atoms. The summed E-state index contributed by atoms with van der Waals surface area (Å²) in [5, 5.41) is 0. The van der Waals surface area contributed by atoms with Gasteiger partial charge in [0.25, 0.3) is 0 Å². The molecule has 0 radical (unpaired) electrons. The van der Waals surface area contributed by atoms with Gasteiger partial charge >= 0.3 is 0 Å². The molecule has 0 fully saturated rings. The van der Waals surface area contributed by atoms with Gasteiger partial charge in [0.1, 0.15) is 5.60 Å². The van der Waals surface area contributed by atoms with Crippen LogP contribution in [0.25, 0.3) is 0 Å². The molecule has 0 saturated carbocycles. The molecule has 0 saturated heterocycles. The summed E-state index contributed by atoms with van der Waals surface area (Å²) >= 11 is 0. The van der Waals surface area contributed by atoms with E-state index in [-0.39, 0.29) is 6.07 Å². The van der Waals surface area contributed by atoms with Crippen LogP contribution in [0.1, 0.15) is 20.8 Å². The summed E-state index contributed by atoms with van der Waals surface area (Å²) in [7, 11) is 0. The van der Waals surface area contributed by atoms with Crippen molar-refractivity contribution >= 4 is 0 Å². The third-order valence-electron chi connectivity index (χ3n) is 1.48. The SMILES string of the molecule is CC(C)(C)Oc1c(F)c(F)cc(F)c1F. The highest BCUT2D eigenvalue weighted by Crippen LogP contribution is 2.29. The average Bonchev–Trinajstić information content (AvgIpc) is 2.08. The van der Waals surface area contributed by atoms with E-state index in [1.807, 2.05) is 0 Å². The number of halogens is 4. The van der Waals surface area contributed by atoms with Crippen LogP contribution < -0.4 is 4.74 Å². The molecule has 0 aliphatic heterocycles. The Morgan fingerprint density at radius 1 is 0.933 bits per heavy atom. The zero-order valence-corrected chi connectivity index (χ0v) is 8.50. The monoisotopic (exact) mass is 222 g/mol. The first-order chi connectivity index (χ1) is 6.72. The van der Waals surface area contributed by atoms with Crippen LogP contribution in [0.3, 0.4) is 0 Å². The lowest BCUT2D eigenvalue weighted by Gasteiger charge is -2.22. The van der Waals surface area contributed by atoms with Crippen LogP contribution in [0, 0.1) is 23.3 Å². The second-order valence-electron chi connectivity index (χ2n) is 4.01. The molecule has 1 aromatic carbocycles. The number of benzene rings is 1. The van der Waals surface area contributed by atoms with Gasteiger partial charge in [-0.15, -0.1) is 0 Å². The van der Waals surface area contributed by atoms with Crippen molar-refractivity contribution in [2.24, 2.45) is 0 Å². The van der Waals surface area contributed by atoms with Crippen LogP contribution in [-0.2, 0) is 0 Å². The van der Waals surface area contributed by atoms with E-state index >= 15 is 0 Å². The van der Waals surface area contributed by atoms with Gasteiger partial charge in [0.2, 0.25) is 11.6 Å². The van der Waals surface area contributed by atoms with Crippen LogP contribution >= 0.6 is 0 Å². The van der Waals surface area contributed by atoms with Crippen LogP contribution in [-0.4, -0.2) is 5.60 Å². The Morgan fingerprint density at radius 3 is 1.67 bits per heavy atom. The maximum Gasteiger partial charge on any atom is 0.203 e. The van der Waals surface area contributed by atoms with E-state index in [2.05, 4.69) is 0 Å². The summed E-state index contributed by atoms with van der Waals surface area (Å²) < 4.78 is 56.4. The molecule has 1 rings (SSSR count). The minimum atomic E-state index is -1.52. The summed E-state index contributed by atoms with van der Waals surface area (Å²) in [4.78, 5) is 0. The van der Waals surface area contributed by atoms with Gasteiger partial charge in [-0.1, -0.05) is 0 Å². The lowest BCUT2D eigenvalue weighted by Crippen LogP contribution is -2.24. The first-order valence-corrected chi connectivity index (χ1v) is 4.24. The fourth-order valence-corrected chi connectivity index (χ4v) is 0.947. The zero-order valence-electron chi connectivity index (χ0n) is 8.50. The Balaban J connectivity index is 3.27. The third-order valence-corrected chi connectivity index (χ3v) is 1.48. The van der Waals surface area contributed by atoms with E-state index < -0.39 is 34.6 Å². The summed E-state index contributed by atoms with van der Waals surface area (Å²) in [6.07, 6.45) is 0. The average molecular weight is 222 g/mol. The maximum absolute atomic E-state index is 13.1. The molecule has 15 heavy (non-hydrogen) atoms. The first-order valence-electron chi connectivity index (χ1n) is 4.24. The molecule has 0 aromatic heterocycles. The Kier molecular flexibility index (Phi) is 2.93. The second kappa shape index (κ2) is 3.72. The summed E-state index contributed by atoms with van der Waals surface area (Å²) in [6.45, 7) is 4.53. The van der Waals surface area contributed by atoms with Gasteiger partial charge in [-0.2, -0.15) is 8.78 Å². The van der Waals surface area contributed by atoms with Crippen molar-refractivity contribution in [3.8, 4) is 5.75 Å². The Bertz CT molecular complexity index is 356. The molecular formula is C10H10F4O. The fraction of sp³-hybridized carbons (Fsp3) is 0.400. The highest BCUT2D eigenvalue weighted by Gasteiger charge is 2.24. The molecule has 0 atom stereocenters. The van der Waals surface area contributed by atoms with Crippen molar-refractivity contribution < 1.29 is 22.3 Å². The van der Waals surface area contributed by atoms with E-state index in [1.54, 1.807) is 0 Å². The van der Waals surface area contributed by atoms with Gasteiger partial charge in [-0.3, -0.25) is 0 Å². The minimum absolute atomic E-state index is 0.139. The van der Waals surface area contributed by atoms with Gasteiger partial charge in [-0.25, -0.2) is 8.78 Å². The molecule has 0 aliphatic carbocycles. The molecular weight excluding hydrogens is 212 g/mol. The number of rotatable bonds is 1. The summed E-state index contributed by atoms with van der Waals surface area (Å²) in [5.41, 5.74) is -0.943. The van der Waals surface area contributed by atoms with Crippen LogP contribution in [0.5, 0.6) is 5.75 Å². The first kappa shape index (κ1) is 11.8. The molecule has 5 heteroatoms. The second-order valence-corrected chi connectivity index (χ2v) is 4.01. The number of hydrogen-bond donors (Lipinski definition) is 0. The quantitative estimate of drug-likeness (QED) is 0.522. The molecule has 0 unspecified atom stereocenters. The van der Waals surface area contributed by atoms with E-state index in [4.69, 9.17) is 4.74 Å². The molecule has 0 bridgehead atoms. The van der Waals surface area contributed by atoms with Gasteiger partial charge in [0.05, 0.1) is 0 Å². The molecule has 1 aromatic rings. The highest BCUT2D eigenvalue weighted by molar-refractivity contribution is 5.29. The number of hydrogen-bond acceptors (Lipinski definition) is 1. The van der Waals surface area contributed by atoms with Crippen molar-refractivity contribution in [1.82, 2.24) is 0 Å². The summed E-state index contributed by atoms with van der Waals surface area (Å²) in [5.74, 6) is -7.03. The van der Waals surface area contributed by atoms with Gasteiger partial charge in [0.15, 0.2) is 17.4 Å². The lowest BCUT2D eigenvalue weighted by atomic mass is 10.2. The van der Waals surface area contributed by atoms with Gasteiger partial charge in [0, 0.05) is 6.07 Å². The van der Waals surface area contributed by atoms with Gasteiger partial charge in [-0.05, 0) is 20.8 Å². The van der Waals surface area contributed by atoms with Crippen molar-refractivity contribution in [3.63, 3.8) is 0 Å². The van der Waals surface area contributed by atoms with Crippen LogP contribution in [0.2, 0.25) is 0 Å². The van der Waals surface area contributed by atoms with E-state index in [1.165, 1.54) is 20.8 Å². The molecule has 0 amide bonds. The summed E-state index contributed by atoms with van der Waals surface area (Å²) in [6, 6.07) is 0.139. The Labute approximate surface area is 84.7 Å². The normalized spacial score (nSPS) is 11.7. The number of ether oxygens (including phenoxy) is 1. The third kappa shape index (κ3) is 2.61. The van der Waals surface area contributed by atoms with E-state index in [0.717, 1.165) is 0 Å². The molecule has 0 N–H and O–H groups in total. The molecule has 0 heterocycles. The zero-order chi connectivity index (χ0) is 11.8. The highest BCUT2D eigenvalue weighted by atomic mass is 19.2. The van der Waals surface area contributed by atoms with Crippen molar-refractivity contribution in [2.75, 3.05) is 0 Å². The molecule has 84 valence electrons. The fourth-order valence-electron chi connectivity index (χ4n) is 0.947. The van der Waals surface area contributed by atoms with Crippen molar-refractivity contribution in [2.45, 2.75) is 26.4 Å². The predicted octanol–water partition coefficient (Wildman–Crippen LogP) is 3.42. The topological polar surface area (TPSA) is 9.23 Å². The van der Waals surface area contributed by atoms with Crippen LogP contribution in [0.4, 0.5) is 17.6 Å². The minimum Gasteiger partial charge on any atom is -0.482 e. The smallest absolute Gasteiger partial charge is 0.203 e. The van der Waals surface area contributed by atoms with E-state index in [0.29, 0.717) is 0 Å².